The SMILES string of the molecule is COc1cccc(-c2nnc(SCCCC(=O)c3ccccc3)n2Cc2ccco2)c1. The van der Waals surface area contributed by atoms with Crippen molar-refractivity contribution >= 4 is 17.5 Å². The Bertz CT molecular complexity index is 1120. The lowest BCUT2D eigenvalue weighted by molar-refractivity contribution is 0.0982. The highest BCUT2D eigenvalue weighted by molar-refractivity contribution is 7.99. The summed E-state index contributed by atoms with van der Waals surface area (Å²) in [6.07, 6.45) is 2.93. The molecule has 7 heteroatoms. The number of methoxy groups -OCH3 is 1. The van der Waals surface area contributed by atoms with E-state index in [0.717, 1.165) is 45.8 Å². The van der Waals surface area contributed by atoms with Crippen molar-refractivity contribution in [2.24, 2.45) is 0 Å². The van der Waals surface area contributed by atoms with Gasteiger partial charge in [-0.2, -0.15) is 0 Å². The van der Waals surface area contributed by atoms with Gasteiger partial charge in [0, 0.05) is 23.3 Å². The normalized spacial score (nSPS) is 10.9. The monoisotopic (exact) mass is 433 g/mol. The average molecular weight is 434 g/mol. The second-order valence-corrected chi connectivity index (χ2v) is 8.01. The number of thioether (sulfide) groups is 1. The number of nitrogens with zero attached hydrogens (tertiary/aromatic N) is 3. The van der Waals surface area contributed by atoms with Crippen LogP contribution in [0.3, 0.4) is 0 Å². The number of carbonyl (C=O) groups excluding carboxylic acids is 1. The van der Waals surface area contributed by atoms with Crippen LogP contribution in [0.1, 0.15) is 29.0 Å². The minimum absolute atomic E-state index is 0.162. The summed E-state index contributed by atoms with van der Waals surface area (Å²) in [5.74, 6) is 3.27. The summed E-state index contributed by atoms with van der Waals surface area (Å²) in [6, 6.07) is 21.0. The molecule has 4 aromatic rings. The van der Waals surface area contributed by atoms with Crippen LogP contribution in [0.15, 0.2) is 82.6 Å². The molecule has 0 atom stereocenters. The van der Waals surface area contributed by atoms with E-state index in [0.29, 0.717) is 13.0 Å². The van der Waals surface area contributed by atoms with Crippen LogP contribution in [0.2, 0.25) is 0 Å². The van der Waals surface area contributed by atoms with Crippen LogP contribution in [-0.4, -0.2) is 33.4 Å². The van der Waals surface area contributed by atoms with Crippen molar-refractivity contribution in [3.8, 4) is 17.1 Å². The summed E-state index contributed by atoms with van der Waals surface area (Å²) in [4.78, 5) is 12.3. The molecule has 0 bridgehead atoms. The molecule has 0 spiro atoms. The van der Waals surface area contributed by atoms with E-state index in [4.69, 9.17) is 9.15 Å². The molecule has 0 unspecified atom stereocenters. The van der Waals surface area contributed by atoms with Gasteiger partial charge in [-0.1, -0.05) is 54.2 Å². The Balaban J connectivity index is 1.47. The number of aromatic nitrogens is 3. The fraction of sp³-hybridized carbons (Fsp3) is 0.208. The van der Waals surface area contributed by atoms with Gasteiger partial charge in [0.15, 0.2) is 16.8 Å². The second kappa shape index (κ2) is 10.1. The Morgan fingerprint density at radius 2 is 1.94 bits per heavy atom. The third-order valence-electron chi connectivity index (χ3n) is 4.81. The van der Waals surface area contributed by atoms with Crippen molar-refractivity contribution in [3.05, 3.63) is 84.3 Å². The van der Waals surface area contributed by atoms with E-state index in [9.17, 15) is 4.79 Å². The van der Waals surface area contributed by atoms with Crippen LogP contribution in [0, 0.1) is 0 Å². The average Bonchev–Trinajstić information content (AvgIpc) is 3.48. The summed E-state index contributed by atoms with van der Waals surface area (Å²) in [5.41, 5.74) is 1.68. The van der Waals surface area contributed by atoms with E-state index in [1.165, 1.54) is 0 Å². The van der Waals surface area contributed by atoms with Crippen molar-refractivity contribution in [3.63, 3.8) is 0 Å². The Kier molecular flexibility index (Phi) is 6.84. The van der Waals surface area contributed by atoms with E-state index >= 15 is 0 Å². The lowest BCUT2D eigenvalue weighted by atomic mass is 10.1. The van der Waals surface area contributed by atoms with Gasteiger partial charge in [-0.25, -0.2) is 0 Å². The van der Waals surface area contributed by atoms with Gasteiger partial charge < -0.3 is 9.15 Å². The van der Waals surface area contributed by atoms with Gasteiger partial charge in [0.2, 0.25) is 0 Å². The first-order valence-corrected chi connectivity index (χ1v) is 11.0. The smallest absolute Gasteiger partial charge is 0.191 e. The highest BCUT2D eigenvalue weighted by atomic mass is 32.2. The number of hydrogen-bond acceptors (Lipinski definition) is 6. The van der Waals surface area contributed by atoms with Gasteiger partial charge in [-0.05, 0) is 30.7 Å². The molecule has 6 nitrogen and oxygen atoms in total. The zero-order valence-electron chi connectivity index (χ0n) is 17.2. The Hall–Kier alpha value is -3.32. The quantitative estimate of drug-likeness (QED) is 0.191. The molecule has 2 aromatic carbocycles. The zero-order chi connectivity index (χ0) is 21.5. The van der Waals surface area contributed by atoms with E-state index in [1.807, 2.05) is 71.3 Å². The predicted octanol–water partition coefficient (Wildman–Crippen LogP) is 5.35. The maximum Gasteiger partial charge on any atom is 0.191 e. The predicted molar refractivity (Wildman–Crippen MR) is 121 cm³/mol. The molecule has 0 fully saturated rings. The maximum absolute atomic E-state index is 12.3. The first-order chi connectivity index (χ1) is 15.2. The third-order valence-corrected chi connectivity index (χ3v) is 5.87. The van der Waals surface area contributed by atoms with Crippen LogP contribution in [0.25, 0.3) is 11.4 Å². The topological polar surface area (TPSA) is 70.2 Å². The van der Waals surface area contributed by atoms with Gasteiger partial charge in [-0.15, -0.1) is 10.2 Å². The third kappa shape index (κ3) is 5.24. The van der Waals surface area contributed by atoms with Crippen molar-refractivity contribution < 1.29 is 13.9 Å². The zero-order valence-corrected chi connectivity index (χ0v) is 18.0. The van der Waals surface area contributed by atoms with E-state index in [-0.39, 0.29) is 5.78 Å². The number of carbonyl (C=O) groups is 1. The summed E-state index contributed by atoms with van der Waals surface area (Å²) in [7, 11) is 1.64. The molecule has 158 valence electrons. The van der Waals surface area contributed by atoms with Gasteiger partial charge in [0.05, 0.1) is 19.9 Å². The molecule has 0 saturated heterocycles. The molecule has 2 aromatic heterocycles. The first-order valence-electron chi connectivity index (χ1n) is 10.1. The summed E-state index contributed by atoms with van der Waals surface area (Å²) >= 11 is 1.60. The fourth-order valence-corrected chi connectivity index (χ4v) is 4.11. The van der Waals surface area contributed by atoms with Crippen LogP contribution in [0.5, 0.6) is 5.75 Å². The molecule has 2 heterocycles. The van der Waals surface area contributed by atoms with Crippen molar-refractivity contribution in [1.29, 1.82) is 0 Å². The molecular formula is C24H23N3O3S. The van der Waals surface area contributed by atoms with Gasteiger partial charge >= 0.3 is 0 Å². The molecule has 31 heavy (non-hydrogen) atoms. The summed E-state index contributed by atoms with van der Waals surface area (Å²) in [6.45, 7) is 0.526. The fourth-order valence-electron chi connectivity index (χ4n) is 3.24. The molecule has 0 aliphatic carbocycles. The number of hydrogen-bond donors (Lipinski definition) is 0. The van der Waals surface area contributed by atoms with E-state index in [1.54, 1.807) is 25.1 Å². The Labute approximate surface area is 185 Å². The molecular weight excluding hydrogens is 410 g/mol. The van der Waals surface area contributed by atoms with Crippen LogP contribution in [-0.2, 0) is 6.54 Å². The summed E-state index contributed by atoms with van der Waals surface area (Å²) in [5, 5.41) is 9.64. The largest absolute Gasteiger partial charge is 0.497 e. The van der Waals surface area contributed by atoms with Gasteiger partial charge in [0.1, 0.15) is 11.5 Å². The maximum atomic E-state index is 12.3. The van der Waals surface area contributed by atoms with Crippen molar-refractivity contribution in [2.45, 2.75) is 24.5 Å². The number of furan rings is 1. The molecule has 0 aliphatic rings. The molecule has 0 N–H and O–H groups in total. The molecule has 0 radical (unpaired) electrons. The van der Waals surface area contributed by atoms with Crippen LogP contribution >= 0.6 is 11.8 Å². The number of rotatable bonds is 10. The van der Waals surface area contributed by atoms with Crippen molar-refractivity contribution in [2.75, 3.05) is 12.9 Å². The second-order valence-electron chi connectivity index (χ2n) is 6.94. The Morgan fingerprint density at radius 1 is 1.06 bits per heavy atom. The Morgan fingerprint density at radius 3 is 2.71 bits per heavy atom. The molecule has 0 saturated carbocycles. The van der Waals surface area contributed by atoms with E-state index in [2.05, 4.69) is 10.2 Å². The minimum atomic E-state index is 0.162. The lowest BCUT2D eigenvalue weighted by Gasteiger charge is -2.09. The number of benzene rings is 2. The van der Waals surface area contributed by atoms with Crippen molar-refractivity contribution in [1.82, 2.24) is 14.8 Å². The number of ketones is 1. The summed E-state index contributed by atoms with van der Waals surface area (Å²) < 4.78 is 12.9. The minimum Gasteiger partial charge on any atom is -0.497 e. The number of Topliss-reactive ketones (excluding diaryl/α,β-unsaturated/α-hetero) is 1. The van der Waals surface area contributed by atoms with Crippen LogP contribution in [0.4, 0.5) is 0 Å². The number of ether oxygens (including phenoxy) is 1. The highest BCUT2D eigenvalue weighted by Gasteiger charge is 2.16. The standard InChI is InChI=1S/C24H23N3O3S/c1-29-20-11-5-10-19(16-20)23-25-26-24(27(23)17-21-12-6-14-30-21)31-15-7-13-22(28)18-8-3-2-4-9-18/h2-6,8-12,14,16H,7,13,15,17H2,1H3. The first kappa shape index (κ1) is 20.9. The van der Waals surface area contributed by atoms with E-state index < -0.39 is 0 Å². The lowest BCUT2D eigenvalue weighted by Crippen LogP contribution is -2.04. The molecule has 0 aliphatic heterocycles. The van der Waals surface area contributed by atoms with Gasteiger partial charge in [0.25, 0.3) is 0 Å². The van der Waals surface area contributed by atoms with Crippen LogP contribution < -0.4 is 4.74 Å². The molecule has 4 rings (SSSR count). The van der Waals surface area contributed by atoms with Gasteiger partial charge in [-0.3, -0.25) is 9.36 Å². The highest BCUT2D eigenvalue weighted by Crippen LogP contribution is 2.28. The molecule has 0 amide bonds.